The van der Waals surface area contributed by atoms with Gasteiger partial charge in [-0.1, -0.05) is 18.2 Å². The van der Waals surface area contributed by atoms with Crippen molar-refractivity contribution < 1.29 is 23.9 Å². The average molecular weight is 422 g/mol. The van der Waals surface area contributed by atoms with Crippen LogP contribution in [0.2, 0.25) is 0 Å². The Kier molecular flexibility index (Phi) is 4.84. The van der Waals surface area contributed by atoms with E-state index in [9.17, 15) is 14.4 Å². The van der Waals surface area contributed by atoms with Crippen LogP contribution in [0.3, 0.4) is 0 Å². The van der Waals surface area contributed by atoms with Crippen molar-refractivity contribution in [3.8, 4) is 0 Å². The zero-order valence-electron chi connectivity index (χ0n) is 16.8. The van der Waals surface area contributed by atoms with Crippen LogP contribution in [-0.4, -0.2) is 61.8 Å². The number of nitrogens with zero attached hydrogens (tertiary/aromatic N) is 3. The van der Waals surface area contributed by atoms with Crippen LogP contribution in [0.1, 0.15) is 22.1 Å². The van der Waals surface area contributed by atoms with Crippen LogP contribution in [0, 0.1) is 0 Å². The summed E-state index contributed by atoms with van der Waals surface area (Å²) < 4.78 is 10.7. The lowest BCUT2D eigenvalue weighted by Crippen LogP contribution is -2.41. The second-order valence-corrected chi connectivity index (χ2v) is 7.72. The number of benzene rings is 2. The van der Waals surface area contributed by atoms with Crippen molar-refractivity contribution in [2.24, 2.45) is 5.73 Å². The number of amides is 3. The molecule has 0 aromatic heterocycles. The van der Waals surface area contributed by atoms with Gasteiger partial charge in [-0.05, 0) is 30.3 Å². The Morgan fingerprint density at radius 3 is 2.39 bits per heavy atom. The van der Waals surface area contributed by atoms with Gasteiger partial charge in [-0.25, -0.2) is 4.79 Å². The predicted octanol–water partition coefficient (Wildman–Crippen LogP) is 1.49. The van der Waals surface area contributed by atoms with Crippen molar-refractivity contribution in [1.29, 1.82) is 0 Å². The molecule has 3 amide bonds. The van der Waals surface area contributed by atoms with Crippen LogP contribution in [0.15, 0.2) is 48.5 Å². The van der Waals surface area contributed by atoms with Crippen LogP contribution in [0.25, 0.3) is 0 Å². The van der Waals surface area contributed by atoms with Crippen molar-refractivity contribution in [3.63, 3.8) is 0 Å². The fourth-order valence-electron chi connectivity index (χ4n) is 4.25. The first kappa shape index (κ1) is 19.5. The lowest BCUT2D eigenvalue weighted by molar-refractivity contribution is -0.125. The highest BCUT2D eigenvalue weighted by molar-refractivity contribution is 5.99. The van der Waals surface area contributed by atoms with Gasteiger partial charge in [0.2, 0.25) is 0 Å². The molecule has 3 heterocycles. The molecule has 1 unspecified atom stereocenters. The number of fused-ring (bicyclic) bond motifs is 1. The Labute approximate surface area is 178 Å². The minimum absolute atomic E-state index is 0.0725. The predicted molar refractivity (Wildman–Crippen MR) is 112 cm³/mol. The summed E-state index contributed by atoms with van der Waals surface area (Å²) in [7, 11) is 0. The molecule has 3 aliphatic heterocycles. The number of ether oxygens (including phenoxy) is 2. The number of hydrogen-bond acceptors (Lipinski definition) is 6. The van der Waals surface area contributed by atoms with Crippen LogP contribution in [0.4, 0.5) is 16.2 Å². The van der Waals surface area contributed by atoms with E-state index in [1.807, 2.05) is 12.1 Å². The number of carbonyl (C=O) groups excluding carboxylic acids is 3. The van der Waals surface area contributed by atoms with Crippen LogP contribution >= 0.6 is 0 Å². The van der Waals surface area contributed by atoms with E-state index in [1.165, 1.54) is 4.90 Å². The molecule has 9 nitrogen and oxygen atoms in total. The van der Waals surface area contributed by atoms with E-state index in [4.69, 9.17) is 15.2 Å². The third kappa shape index (κ3) is 3.41. The molecule has 0 radical (unpaired) electrons. The Morgan fingerprint density at radius 1 is 0.968 bits per heavy atom. The largest absolute Gasteiger partial charge is 0.442 e. The third-order valence-corrected chi connectivity index (χ3v) is 5.84. The van der Waals surface area contributed by atoms with E-state index in [1.54, 1.807) is 46.2 Å². The first-order chi connectivity index (χ1) is 15.0. The molecule has 2 fully saturated rings. The molecule has 2 saturated heterocycles. The average Bonchev–Trinajstić information content (AvgIpc) is 3.27. The highest BCUT2D eigenvalue weighted by Gasteiger charge is 2.40. The smallest absolute Gasteiger partial charge is 0.414 e. The van der Waals surface area contributed by atoms with Gasteiger partial charge in [0.05, 0.1) is 19.7 Å². The Bertz CT molecular complexity index is 1040. The molecular formula is C22H22N4O5. The molecule has 31 heavy (non-hydrogen) atoms. The Balaban J connectivity index is 1.26. The van der Waals surface area contributed by atoms with E-state index in [2.05, 4.69) is 0 Å². The molecule has 3 aliphatic rings. The standard InChI is InChI=1S/C22H22N4O5/c23-20-17-3-1-2-4-18(17)21(28)26(20)12-16-11-25(22(29)31-16)15-7-5-14(6-8-15)24-9-10-30-13-19(24)27/h1-8,16,20H,9-13,23H2/t16-,20?/m1/s1. The van der Waals surface area contributed by atoms with Gasteiger partial charge in [-0.2, -0.15) is 0 Å². The van der Waals surface area contributed by atoms with Gasteiger partial charge in [0.1, 0.15) is 18.9 Å². The fourth-order valence-corrected chi connectivity index (χ4v) is 4.25. The fraction of sp³-hybridized carbons (Fsp3) is 0.318. The summed E-state index contributed by atoms with van der Waals surface area (Å²) in [5, 5.41) is 0. The van der Waals surface area contributed by atoms with Gasteiger partial charge >= 0.3 is 6.09 Å². The summed E-state index contributed by atoms with van der Waals surface area (Å²) >= 11 is 0. The number of anilines is 2. The molecule has 0 bridgehead atoms. The topological polar surface area (TPSA) is 105 Å². The first-order valence-corrected chi connectivity index (χ1v) is 10.1. The summed E-state index contributed by atoms with van der Waals surface area (Å²) in [6.07, 6.45) is -1.52. The van der Waals surface area contributed by atoms with Crippen LogP contribution in [-0.2, 0) is 14.3 Å². The zero-order valence-corrected chi connectivity index (χ0v) is 16.8. The maximum Gasteiger partial charge on any atom is 0.414 e. The van der Waals surface area contributed by atoms with Crippen LogP contribution in [0.5, 0.6) is 0 Å². The van der Waals surface area contributed by atoms with E-state index >= 15 is 0 Å². The second-order valence-electron chi connectivity index (χ2n) is 7.72. The molecule has 5 rings (SSSR count). The van der Waals surface area contributed by atoms with Crippen molar-refractivity contribution in [2.45, 2.75) is 12.3 Å². The second kappa shape index (κ2) is 7.68. The highest BCUT2D eigenvalue weighted by Crippen LogP contribution is 2.31. The monoisotopic (exact) mass is 422 g/mol. The van der Waals surface area contributed by atoms with Gasteiger partial charge in [-0.15, -0.1) is 0 Å². The number of cyclic esters (lactones) is 1. The van der Waals surface area contributed by atoms with Crippen molar-refractivity contribution in [1.82, 2.24) is 4.90 Å². The van der Waals surface area contributed by atoms with Gasteiger partial charge < -0.3 is 25.0 Å². The zero-order chi connectivity index (χ0) is 21.5. The number of morpholine rings is 1. The molecule has 2 aromatic rings. The maximum absolute atomic E-state index is 12.7. The molecule has 0 spiro atoms. The molecule has 0 aliphatic carbocycles. The van der Waals surface area contributed by atoms with Gasteiger partial charge in [-0.3, -0.25) is 14.5 Å². The SMILES string of the molecule is NC1c2ccccc2C(=O)N1C[C@H]1CN(c2ccc(N3CCOCC3=O)cc2)C(=O)O1. The van der Waals surface area contributed by atoms with Gasteiger partial charge in [0, 0.05) is 29.0 Å². The molecule has 0 saturated carbocycles. The molecule has 2 atom stereocenters. The number of carbonyl (C=O) groups is 3. The summed E-state index contributed by atoms with van der Waals surface area (Å²) in [6, 6.07) is 14.4. The van der Waals surface area contributed by atoms with Crippen molar-refractivity contribution in [2.75, 3.05) is 42.6 Å². The summed E-state index contributed by atoms with van der Waals surface area (Å²) in [5.74, 6) is -0.246. The molecule has 2 N–H and O–H groups in total. The number of nitrogens with two attached hydrogens (primary N) is 1. The van der Waals surface area contributed by atoms with Gasteiger partial charge in [0.15, 0.2) is 0 Å². The summed E-state index contributed by atoms with van der Waals surface area (Å²) in [5.41, 5.74) is 9.04. The summed E-state index contributed by atoms with van der Waals surface area (Å²) in [4.78, 5) is 41.9. The first-order valence-electron chi connectivity index (χ1n) is 10.1. The van der Waals surface area contributed by atoms with Crippen LogP contribution < -0.4 is 15.5 Å². The summed E-state index contributed by atoms with van der Waals surface area (Å²) in [6.45, 7) is 1.59. The van der Waals surface area contributed by atoms with E-state index < -0.39 is 18.4 Å². The van der Waals surface area contributed by atoms with E-state index in [-0.39, 0.29) is 25.0 Å². The minimum Gasteiger partial charge on any atom is -0.442 e. The van der Waals surface area contributed by atoms with Crippen molar-refractivity contribution in [3.05, 3.63) is 59.7 Å². The third-order valence-electron chi connectivity index (χ3n) is 5.84. The quantitative estimate of drug-likeness (QED) is 0.800. The normalized spacial score (nSPS) is 23.4. The minimum atomic E-state index is -0.554. The Hall–Kier alpha value is -3.43. The maximum atomic E-state index is 12.7. The number of rotatable bonds is 4. The highest BCUT2D eigenvalue weighted by atomic mass is 16.6. The lowest BCUT2D eigenvalue weighted by Gasteiger charge is -2.27. The molecule has 160 valence electrons. The van der Waals surface area contributed by atoms with Gasteiger partial charge in [0.25, 0.3) is 11.8 Å². The van der Waals surface area contributed by atoms with E-state index in [0.29, 0.717) is 30.9 Å². The molecule has 2 aromatic carbocycles. The number of hydrogen-bond donors (Lipinski definition) is 1. The molecule has 9 heteroatoms. The lowest BCUT2D eigenvalue weighted by atomic mass is 10.1. The van der Waals surface area contributed by atoms with Crippen molar-refractivity contribution >= 4 is 29.3 Å². The molecular weight excluding hydrogens is 400 g/mol. The van der Waals surface area contributed by atoms with E-state index in [0.717, 1.165) is 11.3 Å². The Morgan fingerprint density at radius 2 is 1.68 bits per heavy atom.